The number of nitrogens with zero attached hydrogens (tertiary/aromatic N) is 16. The van der Waals surface area contributed by atoms with Crippen molar-refractivity contribution >= 4 is 71.9 Å². The maximum atomic E-state index is 5.26. The van der Waals surface area contributed by atoms with E-state index in [1.165, 1.54) is 31.2 Å². The number of aromatic amines is 6. The predicted molar refractivity (Wildman–Crippen MR) is 393 cm³/mol. The lowest BCUT2D eigenvalue weighted by Crippen LogP contribution is -2.20. The molecule has 0 aromatic carbocycles. The third-order valence-electron chi connectivity index (χ3n) is 18.1. The van der Waals surface area contributed by atoms with E-state index in [9.17, 15) is 0 Å². The van der Waals surface area contributed by atoms with Crippen LogP contribution in [0.3, 0.4) is 0 Å². The summed E-state index contributed by atoms with van der Waals surface area (Å²) < 4.78 is 15.7. The zero-order valence-corrected chi connectivity index (χ0v) is 56.3. The summed E-state index contributed by atoms with van der Waals surface area (Å²) in [6.07, 6.45) is 42.8. The molecule has 0 unspecified atom stereocenters. The second-order valence-corrected chi connectivity index (χ2v) is 26.1. The average molecular weight is 1360 g/mol. The number of hydrogen-bond acceptors (Lipinski definition) is 21. The molecule has 19 rings (SSSR count). The van der Waals surface area contributed by atoms with Crippen LogP contribution < -0.4 is 10.6 Å². The van der Waals surface area contributed by atoms with Gasteiger partial charge in [-0.15, -0.1) is 0 Å². The lowest BCUT2D eigenvalue weighted by atomic mass is 10.1. The molecule has 508 valence electrons. The predicted octanol–water partition coefficient (Wildman–Crippen LogP) is 14.8. The Balaban J connectivity index is 0.000000115. The Kier molecular flexibility index (Phi) is 16.8. The smallest absolute Gasteiger partial charge is 0.181 e. The van der Waals surface area contributed by atoms with E-state index in [1.54, 1.807) is 74.8 Å². The van der Waals surface area contributed by atoms with Crippen LogP contribution in [0.15, 0.2) is 198 Å². The molecular weight excluding hydrogens is 1300 g/mol. The molecule has 0 bridgehead atoms. The minimum Gasteiger partial charge on any atom is -0.472 e. The number of H-pyrrole nitrogens is 6. The number of aromatic nitrogens is 21. The van der Waals surface area contributed by atoms with Crippen molar-refractivity contribution in [2.45, 2.75) is 58.7 Å². The molecule has 27 heteroatoms. The highest BCUT2D eigenvalue weighted by Crippen LogP contribution is 2.37. The van der Waals surface area contributed by atoms with Crippen LogP contribution in [0.5, 0.6) is 0 Å². The van der Waals surface area contributed by atoms with Crippen molar-refractivity contribution in [3.63, 3.8) is 0 Å². The molecule has 1 aliphatic carbocycles. The normalized spacial score (nSPS) is 12.6. The summed E-state index contributed by atoms with van der Waals surface area (Å²) in [7, 11) is 4.08. The summed E-state index contributed by atoms with van der Waals surface area (Å²) in [5, 5.41) is 32.1. The summed E-state index contributed by atoms with van der Waals surface area (Å²) in [6.45, 7) is 6.90. The second kappa shape index (κ2) is 27.4. The molecule has 0 saturated heterocycles. The fourth-order valence-corrected chi connectivity index (χ4v) is 13.2. The highest BCUT2D eigenvalue weighted by atomic mass is 16.3. The minimum atomic E-state index is 0.317. The van der Waals surface area contributed by atoms with Crippen molar-refractivity contribution < 1.29 is 13.3 Å². The SMILES string of the molecule is CC(C)Nc1cncc(-c2cnc3n[nH]c(-c4nc5c(-c6ccoc6)cncc5[nH]4)c3c2)c1.CN(C)Cc1cncc(-c2cnc3n[nH]c(-c4nc5c(-c6ccoc6)cncc5[nH]4)c3c2)c1.c1cc(-c2cncc3[nH]c(-c4[nH]nc5ncc(-c6cncc(CNCC7CCCC7)c6)cc45)nc23)co1. The van der Waals surface area contributed by atoms with Crippen molar-refractivity contribution in [3.8, 4) is 101 Å². The van der Waals surface area contributed by atoms with Crippen LogP contribution in [-0.4, -0.2) is 137 Å². The van der Waals surface area contributed by atoms with Gasteiger partial charge in [0.2, 0.25) is 0 Å². The van der Waals surface area contributed by atoms with Crippen molar-refractivity contribution in [3.05, 3.63) is 196 Å². The first-order valence-corrected chi connectivity index (χ1v) is 33.7. The molecule has 0 aliphatic heterocycles. The van der Waals surface area contributed by atoms with E-state index < -0.39 is 0 Å². The molecule has 0 radical (unpaired) electrons. The molecule has 18 aromatic heterocycles. The van der Waals surface area contributed by atoms with Gasteiger partial charge in [0, 0.05) is 160 Å². The first-order valence-electron chi connectivity index (χ1n) is 33.7. The van der Waals surface area contributed by atoms with Gasteiger partial charge in [-0.1, -0.05) is 12.8 Å². The van der Waals surface area contributed by atoms with Gasteiger partial charge in [0.1, 0.15) is 33.6 Å². The Morgan fingerprint density at radius 2 is 0.845 bits per heavy atom. The largest absolute Gasteiger partial charge is 0.472 e. The van der Waals surface area contributed by atoms with Gasteiger partial charge in [-0.25, -0.2) is 29.9 Å². The first-order chi connectivity index (χ1) is 50.6. The van der Waals surface area contributed by atoms with Crippen LogP contribution >= 0.6 is 0 Å². The van der Waals surface area contributed by atoms with Crippen LogP contribution in [0.1, 0.15) is 50.7 Å². The quantitative estimate of drug-likeness (QED) is 0.0420. The van der Waals surface area contributed by atoms with Crippen LogP contribution in [-0.2, 0) is 13.1 Å². The van der Waals surface area contributed by atoms with E-state index in [1.807, 2.05) is 88.1 Å². The summed E-state index contributed by atoms with van der Waals surface area (Å²) in [4.78, 5) is 66.9. The van der Waals surface area contributed by atoms with E-state index in [2.05, 4.69) is 156 Å². The molecule has 27 nitrogen and oxygen atoms in total. The zero-order chi connectivity index (χ0) is 69.3. The number of hydrogen-bond donors (Lipinski definition) is 8. The molecule has 1 fully saturated rings. The van der Waals surface area contributed by atoms with Gasteiger partial charge in [-0.05, 0) is 119 Å². The monoisotopic (exact) mass is 1360 g/mol. The fraction of sp³-hybridized carbons (Fsp3) is 0.171. The summed E-state index contributed by atoms with van der Waals surface area (Å²) in [5.74, 6) is 2.82. The van der Waals surface area contributed by atoms with Gasteiger partial charge >= 0.3 is 0 Å². The topological polar surface area (TPSA) is 355 Å². The zero-order valence-electron chi connectivity index (χ0n) is 56.3. The molecule has 18 aromatic rings. The lowest BCUT2D eigenvalue weighted by Gasteiger charge is -2.11. The number of nitrogens with one attached hydrogen (secondary N) is 8. The van der Waals surface area contributed by atoms with E-state index in [0.717, 1.165) is 170 Å². The highest BCUT2D eigenvalue weighted by Gasteiger charge is 2.22. The number of pyridine rings is 9. The van der Waals surface area contributed by atoms with Crippen LogP contribution in [0.4, 0.5) is 5.69 Å². The van der Waals surface area contributed by atoms with Gasteiger partial charge in [0.15, 0.2) is 34.4 Å². The van der Waals surface area contributed by atoms with Gasteiger partial charge in [0.05, 0.1) is 94.6 Å². The minimum absolute atomic E-state index is 0.317. The molecule has 0 atom stereocenters. The van der Waals surface area contributed by atoms with Crippen LogP contribution in [0.25, 0.3) is 168 Å². The van der Waals surface area contributed by atoms with Crippen molar-refractivity contribution in [1.29, 1.82) is 0 Å². The fourth-order valence-electron chi connectivity index (χ4n) is 13.2. The molecule has 0 spiro atoms. The van der Waals surface area contributed by atoms with Crippen molar-refractivity contribution in [2.75, 3.05) is 26.0 Å². The first kappa shape index (κ1) is 63.2. The van der Waals surface area contributed by atoms with Gasteiger partial charge < -0.3 is 43.7 Å². The van der Waals surface area contributed by atoms with Gasteiger partial charge in [0.25, 0.3) is 0 Å². The van der Waals surface area contributed by atoms with Crippen LogP contribution in [0, 0.1) is 5.92 Å². The summed E-state index contributed by atoms with van der Waals surface area (Å²) >= 11 is 0. The molecule has 8 N–H and O–H groups in total. The maximum Gasteiger partial charge on any atom is 0.181 e. The Bertz CT molecular complexity index is 5760. The van der Waals surface area contributed by atoms with Crippen molar-refractivity contribution in [2.24, 2.45) is 5.92 Å². The van der Waals surface area contributed by atoms with Crippen molar-refractivity contribution in [1.82, 2.24) is 116 Å². The van der Waals surface area contributed by atoms with Gasteiger partial charge in [-0.2, -0.15) is 15.3 Å². The van der Waals surface area contributed by atoms with E-state index >= 15 is 0 Å². The Labute approximate surface area is 586 Å². The number of fused-ring (bicyclic) bond motifs is 6. The molecule has 0 amide bonds. The van der Waals surface area contributed by atoms with Gasteiger partial charge in [-0.3, -0.25) is 45.2 Å². The van der Waals surface area contributed by atoms with E-state index in [4.69, 9.17) is 28.2 Å². The Morgan fingerprint density at radius 1 is 0.447 bits per heavy atom. The Hall–Kier alpha value is -13.3. The van der Waals surface area contributed by atoms with Crippen LogP contribution in [0.2, 0.25) is 0 Å². The summed E-state index contributed by atoms with van der Waals surface area (Å²) in [6, 6.07) is 18.6. The third kappa shape index (κ3) is 13.0. The summed E-state index contributed by atoms with van der Waals surface area (Å²) in [5.41, 5.74) is 23.8. The molecule has 1 aliphatic rings. The molecular formula is C76H66N24O3. The highest BCUT2D eigenvalue weighted by molar-refractivity contribution is 6.00. The van der Waals surface area contributed by atoms with E-state index in [-0.39, 0.29) is 0 Å². The standard InChI is InChI=1S/C28H26N8O.2C24H20N8O/c1-2-4-17(3-1)9-29-10-18-7-20(12-30-11-18)21-8-22-26(35-36-27(22)32-13-21)28-33-24-15-31-14-23(25(24)34-28)19-5-6-37-16-19;1-32(2)12-14-5-16(8-25-7-14)17-6-18-22(30-31-23(18)27-9-17)24-28-20-11-26-10-19(21(20)29-24)15-3-4-33-13-15;1-13(2)28-17-5-15(7-25-9-17)16-6-18-22(31-32-23(18)27-8-16)24-29-20-11-26-10-19(21(20)30-24)14-3-4-33-12-14/h5-8,11-17,29H,1-4,9-10H2,(H,33,34)(H,32,35,36);3-11,13H,12H2,1-2H3,(H,28,29)(H,27,30,31);3-13,28H,1-2H3,(H,29,30)(H,27,31,32). The molecule has 103 heavy (non-hydrogen) atoms. The third-order valence-corrected chi connectivity index (χ3v) is 18.1. The molecule has 18 heterocycles. The Morgan fingerprint density at radius 3 is 1.26 bits per heavy atom. The second-order valence-electron chi connectivity index (χ2n) is 26.1. The van der Waals surface area contributed by atoms with E-state index in [0.29, 0.717) is 40.5 Å². The average Bonchev–Trinajstić information content (AvgIpc) is 1.63. The number of anilines is 1. The lowest BCUT2D eigenvalue weighted by molar-refractivity contribution is 0.402. The number of furan rings is 3. The number of rotatable bonds is 17. The maximum absolute atomic E-state index is 5.26. The number of imidazole rings is 3. The molecule has 1 saturated carbocycles.